The second-order valence-corrected chi connectivity index (χ2v) is 5.82. The highest BCUT2D eigenvalue weighted by Gasteiger charge is 2.03. The van der Waals surface area contributed by atoms with Gasteiger partial charge in [-0.1, -0.05) is 64.7 Å². The van der Waals surface area contributed by atoms with E-state index in [1.165, 1.54) is 64.2 Å². The second kappa shape index (κ2) is 17.4. The third kappa shape index (κ3) is 15.6. The summed E-state index contributed by atoms with van der Waals surface area (Å²) in [5, 5.41) is 11.7. The molecule has 1 amide bonds. The summed E-state index contributed by atoms with van der Waals surface area (Å²) in [6, 6.07) is 0. The fraction of sp³-hybridized carbons (Fsp3) is 0.941. The Kier molecular flexibility index (Phi) is 16.9. The van der Waals surface area contributed by atoms with Gasteiger partial charge < -0.3 is 10.4 Å². The van der Waals surface area contributed by atoms with Crippen LogP contribution in [0.3, 0.4) is 0 Å². The number of unbranched alkanes of at least 4 members (excludes halogenated alkanes) is 9. The fourth-order valence-corrected chi connectivity index (χ4v) is 2.58. The van der Waals surface area contributed by atoms with Crippen molar-refractivity contribution in [2.24, 2.45) is 0 Å². The first-order valence-electron chi connectivity index (χ1n) is 8.85. The zero-order chi connectivity index (χ0) is 15.6. The minimum atomic E-state index is 0.193. The van der Waals surface area contributed by atoms with Gasteiger partial charge in [-0.2, -0.15) is 0 Å². The van der Waals surface area contributed by atoms with Crippen molar-refractivity contribution in [2.75, 3.05) is 32.8 Å². The Morgan fingerprint density at radius 3 is 1.95 bits per heavy atom. The second-order valence-electron chi connectivity index (χ2n) is 5.82. The van der Waals surface area contributed by atoms with Crippen LogP contribution in [0.2, 0.25) is 0 Å². The van der Waals surface area contributed by atoms with Crippen LogP contribution in [0.25, 0.3) is 0 Å². The molecular weight excluding hydrogens is 264 g/mol. The number of aliphatic hydroxyl groups is 1. The van der Waals surface area contributed by atoms with Gasteiger partial charge in [0.2, 0.25) is 6.41 Å². The lowest BCUT2D eigenvalue weighted by molar-refractivity contribution is -0.109. The van der Waals surface area contributed by atoms with Crippen LogP contribution in [0.1, 0.15) is 71.1 Å². The molecule has 0 aliphatic heterocycles. The van der Waals surface area contributed by atoms with Gasteiger partial charge in [-0.25, -0.2) is 0 Å². The highest BCUT2D eigenvalue weighted by atomic mass is 16.3. The molecule has 4 heteroatoms. The Balaban J connectivity index is 3.34. The molecule has 0 aromatic heterocycles. The molecule has 0 heterocycles. The van der Waals surface area contributed by atoms with Crippen LogP contribution in [-0.4, -0.2) is 49.2 Å². The first-order valence-corrected chi connectivity index (χ1v) is 8.85. The number of carbonyl (C=O) groups excluding carboxylic acids is 1. The molecule has 0 saturated heterocycles. The van der Waals surface area contributed by atoms with Gasteiger partial charge in [-0.05, 0) is 13.0 Å². The zero-order valence-electron chi connectivity index (χ0n) is 14.0. The quantitative estimate of drug-likeness (QED) is 0.321. The predicted molar refractivity (Wildman–Crippen MR) is 89.4 cm³/mol. The molecule has 0 aliphatic rings. The Labute approximate surface area is 131 Å². The Hall–Kier alpha value is -0.610. The molecule has 0 bridgehead atoms. The van der Waals surface area contributed by atoms with Crippen LogP contribution < -0.4 is 5.32 Å². The van der Waals surface area contributed by atoms with Gasteiger partial charge >= 0.3 is 0 Å². The maximum Gasteiger partial charge on any atom is 0.207 e. The van der Waals surface area contributed by atoms with Gasteiger partial charge in [0.05, 0.1) is 6.61 Å². The monoisotopic (exact) mass is 300 g/mol. The number of aliphatic hydroxyl groups excluding tert-OH is 1. The van der Waals surface area contributed by atoms with Gasteiger partial charge in [0.1, 0.15) is 0 Å². The summed E-state index contributed by atoms with van der Waals surface area (Å²) in [5.74, 6) is 0. The molecule has 126 valence electrons. The smallest absolute Gasteiger partial charge is 0.207 e. The van der Waals surface area contributed by atoms with Crippen LogP contribution >= 0.6 is 0 Å². The minimum Gasteiger partial charge on any atom is -0.395 e. The first-order chi connectivity index (χ1) is 10.3. The average molecular weight is 300 g/mol. The van der Waals surface area contributed by atoms with Gasteiger partial charge in [0.25, 0.3) is 0 Å². The molecule has 0 radical (unpaired) electrons. The van der Waals surface area contributed by atoms with Crippen molar-refractivity contribution in [3.8, 4) is 0 Å². The minimum absolute atomic E-state index is 0.193. The van der Waals surface area contributed by atoms with E-state index in [2.05, 4.69) is 17.1 Å². The van der Waals surface area contributed by atoms with E-state index in [1.54, 1.807) is 0 Å². The molecule has 0 aromatic carbocycles. The molecule has 0 spiro atoms. The summed E-state index contributed by atoms with van der Waals surface area (Å²) in [6.07, 6.45) is 14.2. The van der Waals surface area contributed by atoms with Gasteiger partial charge in [0.15, 0.2) is 0 Å². The number of nitrogens with zero attached hydrogens (tertiary/aromatic N) is 1. The number of carbonyl (C=O) groups is 1. The van der Waals surface area contributed by atoms with E-state index in [-0.39, 0.29) is 6.61 Å². The van der Waals surface area contributed by atoms with E-state index in [1.807, 2.05) is 0 Å². The van der Waals surface area contributed by atoms with E-state index in [9.17, 15) is 4.79 Å². The Bertz CT molecular complexity index is 213. The molecule has 0 rings (SSSR count). The number of amides is 1. The van der Waals surface area contributed by atoms with E-state index < -0.39 is 0 Å². The van der Waals surface area contributed by atoms with Crippen LogP contribution in [0.4, 0.5) is 0 Å². The summed E-state index contributed by atoms with van der Waals surface area (Å²) < 4.78 is 0. The lowest BCUT2D eigenvalue weighted by Crippen LogP contribution is -2.34. The number of nitrogens with one attached hydrogen (secondary N) is 1. The SMILES string of the molecule is CCCCCCCCCCCCN(CCO)CCNC=O. The van der Waals surface area contributed by atoms with Crippen molar-refractivity contribution in [1.29, 1.82) is 0 Å². The van der Waals surface area contributed by atoms with Gasteiger partial charge in [0, 0.05) is 19.6 Å². The summed E-state index contributed by atoms with van der Waals surface area (Å²) in [5.41, 5.74) is 0. The molecular formula is C17H36N2O2. The lowest BCUT2D eigenvalue weighted by atomic mass is 10.1. The average Bonchev–Trinajstić information content (AvgIpc) is 2.49. The summed E-state index contributed by atoms with van der Waals surface area (Å²) in [6.45, 7) is 5.68. The molecule has 0 aromatic rings. The van der Waals surface area contributed by atoms with Crippen LogP contribution in [-0.2, 0) is 4.79 Å². The standard InChI is InChI=1S/C17H36N2O2/c1-2-3-4-5-6-7-8-9-10-11-13-19(15-16-20)14-12-18-17-21/h17,20H,2-16H2,1H3,(H,18,21). The lowest BCUT2D eigenvalue weighted by Gasteiger charge is -2.20. The third-order valence-electron chi connectivity index (χ3n) is 3.90. The van der Waals surface area contributed by atoms with Gasteiger partial charge in [-0.15, -0.1) is 0 Å². The normalized spacial score (nSPS) is 11.0. The topological polar surface area (TPSA) is 52.6 Å². The number of rotatable bonds is 17. The van der Waals surface area contributed by atoms with Crippen molar-refractivity contribution >= 4 is 6.41 Å². The summed E-state index contributed by atoms with van der Waals surface area (Å²) in [7, 11) is 0. The maximum absolute atomic E-state index is 10.2. The third-order valence-corrected chi connectivity index (χ3v) is 3.90. The molecule has 0 unspecified atom stereocenters. The van der Waals surface area contributed by atoms with Crippen LogP contribution in [0, 0.1) is 0 Å². The molecule has 0 aliphatic carbocycles. The van der Waals surface area contributed by atoms with E-state index in [4.69, 9.17) is 5.11 Å². The Morgan fingerprint density at radius 2 is 1.43 bits per heavy atom. The highest BCUT2D eigenvalue weighted by molar-refractivity contribution is 5.45. The molecule has 0 atom stereocenters. The summed E-state index contributed by atoms with van der Waals surface area (Å²) in [4.78, 5) is 12.4. The zero-order valence-corrected chi connectivity index (χ0v) is 14.0. The highest BCUT2D eigenvalue weighted by Crippen LogP contribution is 2.10. The molecule has 0 fully saturated rings. The number of hydrogen-bond acceptors (Lipinski definition) is 3. The summed E-state index contributed by atoms with van der Waals surface area (Å²) >= 11 is 0. The van der Waals surface area contributed by atoms with Gasteiger partial charge in [-0.3, -0.25) is 9.69 Å². The van der Waals surface area contributed by atoms with Crippen molar-refractivity contribution in [3.63, 3.8) is 0 Å². The largest absolute Gasteiger partial charge is 0.395 e. The predicted octanol–water partition coefficient (Wildman–Crippen LogP) is 2.95. The Morgan fingerprint density at radius 1 is 0.857 bits per heavy atom. The van der Waals surface area contributed by atoms with E-state index >= 15 is 0 Å². The van der Waals surface area contributed by atoms with Crippen molar-refractivity contribution in [3.05, 3.63) is 0 Å². The first kappa shape index (κ1) is 20.4. The van der Waals surface area contributed by atoms with Crippen LogP contribution in [0.15, 0.2) is 0 Å². The maximum atomic E-state index is 10.2. The molecule has 21 heavy (non-hydrogen) atoms. The van der Waals surface area contributed by atoms with Crippen molar-refractivity contribution in [1.82, 2.24) is 10.2 Å². The van der Waals surface area contributed by atoms with E-state index in [0.717, 1.165) is 19.5 Å². The van der Waals surface area contributed by atoms with E-state index in [0.29, 0.717) is 13.1 Å². The number of hydrogen-bond donors (Lipinski definition) is 2. The van der Waals surface area contributed by atoms with Crippen LogP contribution in [0.5, 0.6) is 0 Å². The molecule has 2 N–H and O–H groups in total. The molecule has 0 saturated carbocycles. The van der Waals surface area contributed by atoms with Crippen molar-refractivity contribution < 1.29 is 9.90 Å². The van der Waals surface area contributed by atoms with Crippen molar-refractivity contribution in [2.45, 2.75) is 71.1 Å². The molecule has 4 nitrogen and oxygen atoms in total. The fourth-order valence-electron chi connectivity index (χ4n) is 2.58.